The van der Waals surface area contributed by atoms with Gasteiger partial charge in [-0.05, 0) is 67.8 Å². The second-order valence-corrected chi connectivity index (χ2v) is 8.98. The molecule has 33 heavy (non-hydrogen) atoms. The minimum Gasteiger partial charge on any atom is -0.456 e. The average Bonchev–Trinajstić information content (AvgIpc) is 3.25. The largest absolute Gasteiger partial charge is 0.456 e. The third kappa shape index (κ3) is 5.41. The zero-order valence-electron chi connectivity index (χ0n) is 18.1. The monoisotopic (exact) mass is 486 g/mol. The summed E-state index contributed by atoms with van der Waals surface area (Å²) in [6, 6.07) is 15.8. The van der Waals surface area contributed by atoms with E-state index in [1.54, 1.807) is 37.3 Å². The number of carbonyl (C=O) groups is 2. The van der Waals surface area contributed by atoms with Crippen LogP contribution in [0.4, 0.5) is 5.69 Å². The first-order valence-corrected chi connectivity index (χ1v) is 11.4. The second-order valence-electron chi connectivity index (χ2n) is 8.14. The summed E-state index contributed by atoms with van der Waals surface area (Å²) in [5.74, 6) is 0.181. The summed E-state index contributed by atoms with van der Waals surface area (Å²) < 4.78 is 10.9. The molecular weight excluding hydrogens is 463 g/mol. The van der Waals surface area contributed by atoms with E-state index in [1.165, 1.54) is 0 Å². The summed E-state index contributed by atoms with van der Waals surface area (Å²) in [5.41, 5.74) is 1.69. The molecule has 0 spiro atoms. The Balaban J connectivity index is 1.45. The Hall–Kier alpha value is -2.80. The SMILES string of the molecule is Cc1ccc(C(=O)Nc2ccc(C(=O)NCC3(c4ccc(Cl)cc4)CCOCC3)c(Cl)c2)o1. The summed E-state index contributed by atoms with van der Waals surface area (Å²) in [6.07, 6.45) is 1.58. The summed E-state index contributed by atoms with van der Waals surface area (Å²) in [4.78, 5) is 25.2. The maximum absolute atomic E-state index is 12.9. The number of rotatable bonds is 6. The number of halogens is 2. The number of benzene rings is 2. The molecule has 4 rings (SSSR count). The van der Waals surface area contributed by atoms with E-state index in [9.17, 15) is 9.59 Å². The molecule has 1 fully saturated rings. The normalized spacial score (nSPS) is 15.1. The predicted octanol–water partition coefficient (Wildman–Crippen LogP) is 5.63. The molecule has 2 amide bonds. The Bertz CT molecular complexity index is 1150. The van der Waals surface area contributed by atoms with Gasteiger partial charge in [0, 0.05) is 35.9 Å². The number of hydrogen-bond donors (Lipinski definition) is 2. The van der Waals surface area contributed by atoms with Gasteiger partial charge in [0.25, 0.3) is 11.8 Å². The number of nitrogens with one attached hydrogen (secondary N) is 2. The fourth-order valence-corrected chi connectivity index (χ4v) is 4.40. The highest BCUT2D eigenvalue weighted by Gasteiger charge is 2.35. The van der Waals surface area contributed by atoms with Crippen molar-refractivity contribution < 1.29 is 18.7 Å². The van der Waals surface area contributed by atoms with Crippen LogP contribution in [0.2, 0.25) is 10.0 Å². The van der Waals surface area contributed by atoms with Crippen LogP contribution in [0.15, 0.2) is 59.0 Å². The van der Waals surface area contributed by atoms with Gasteiger partial charge in [0.05, 0.1) is 10.6 Å². The third-order valence-electron chi connectivity index (χ3n) is 5.93. The Labute approximate surface area is 202 Å². The van der Waals surface area contributed by atoms with Crippen molar-refractivity contribution in [2.24, 2.45) is 0 Å². The van der Waals surface area contributed by atoms with Crippen LogP contribution in [-0.4, -0.2) is 31.6 Å². The molecule has 1 saturated heterocycles. The van der Waals surface area contributed by atoms with E-state index >= 15 is 0 Å². The number of amides is 2. The van der Waals surface area contributed by atoms with Crippen LogP contribution >= 0.6 is 23.2 Å². The lowest BCUT2D eigenvalue weighted by Crippen LogP contribution is -2.44. The van der Waals surface area contributed by atoms with Gasteiger partial charge in [-0.2, -0.15) is 0 Å². The van der Waals surface area contributed by atoms with Crippen LogP contribution in [-0.2, 0) is 10.2 Å². The Morgan fingerprint density at radius 3 is 2.33 bits per heavy atom. The standard InChI is InChI=1S/C25H24Cl2N2O4/c1-16-2-9-22(33-16)24(31)29-19-7-8-20(21(27)14-19)23(30)28-15-25(10-12-32-13-11-25)17-3-5-18(26)6-4-17/h2-9,14H,10-13,15H2,1H3,(H,28,30)(H,29,31). The molecule has 1 aliphatic heterocycles. The number of anilines is 1. The molecule has 1 aromatic heterocycles. The highest BCUT2D eigenvalue weighted by atomic mass is 35.5. The van der Waals surface area contributed by atoms with E-state index in [1.807, 2.05) is 24.3 Å². The highest BCUT2D eigenvalue weighted by molar-refractivity contribution is 6.34. The van der Waals surface area contributed by atoms with Gasteiger partial charge >= 0.3 is 0 Å². The lowest BCUT2D eigenvalue weighted by Gasteiger charge is -2.38. The van der Waals surface area contributed by atoms with E-state index in [2.05, 4.69) is 10.6 Å². The molecule has 1 aliphatic rings. The molecule has 0 bridgehead atoms. The minimum absolute atomic E-state index is 0.203. The van der Waals surface area contributed by atoms with E-state index in [0.29, 0.717) is 41.8 Å². The van der Waals surface area contributed by atoms with Gasteiger partial charge in [-0.1, -0.05) is 35.3 Å². The van der Waals surface area contributed by atoms with Crippen molar-refractivity contribution >= 4 is 40.7 Å². The molecule has 2 heterocycles. The lowest BCUT2D eigenvalue weighted by molar-refractivity contribution is 0.0487. The molecule has 8 heteroatoms. The van der Waals surface area contributed by atoms with Crippen LogP contribution in [0.1, 0.15) is 45.1 Å². The first kappa shape index (κ1) is 23.4. The summed E-state index contributed by atoms with van der Waals surface area (Å²) >= 11 is 12.4. The van der Waals surface area contributed by atoms with Gasteiger partial charge in [-0.25, -0.2) is 0 Å². The summed E-state index contributed by atoms with van der Waals surface area (Å²) in [5, 5.41) is 6.68. The maximum Gasteiger partial charge on any atom is 0.291 e. The molecule has 172 valence electrons. The highest BCUT2D eigenvalue weighted by Crippen LogP contribution is 2.35. The van der Waals surface area contributed by atoms with Crippen molar-refractivity contribution in [3.05, 3.63) is 87.3 Å². The van der Waals surface area contributed by atoms with Crippen molar-refractivity contribution in [3.63, 3.8) is 0 Å². The molecule has 0 unspecified atom stereocenters. The van der Waals surface area contributed by atoms with Crippen molar-refractivity contribution in [2.75, 3.05) is 25.1 Å². The quantitative estimate of drug-likeness (QED) is 0.473. The Morgan fingerprint density at radius 2 is 1.70 bits per heavy atom. The molecular formula is C25H24Cl2N2O4. The Morgan fingerprint density at radius 1 is 0.970 bits per heavy atom. The van der Waals surface area contributed by atoms with Crippen molar-refractivity contribution in [2.45, 2.75) is 25.2 Å². The molecule has 2 aromatic carbocycles. The predicted molar refractivity (Wildman–Crippen MR) is 128 cm³/mol. The first-order chi connectivity index (χ1) is 15.9. The van der Waals surface area contributed by atoms with E-state index in [4.69, 9.17) is 32.4 Å². The van der Waals surface area contributed by atoms with Gasteiger partial charge in [0.1, 0.15) is 5.76 Å². The average molecular weight is 487 g/mol. The van der Waals surface area contributed by atoms with Crippen molar-refractivity contribution in [1.82, 2.24) is 5.32 Å². The van der Waals surface area contributed by atoms with Crippen LogP contribution in [0.3, 0.4) is 0 Å². The zero-order valence-corrected chi connectivity index (χ0v) is 19.6. The van der Waals surface area contributed by atoms with Crippen LogP contribution < -0.4 is 10.6 Å². The second kappa shape index (κ2) is 10.00. The maximum atomic E-state index is 12.9. The van der Waals surface area contributed by atoms with Gasteiger partial charge < -0.3 is 19.8 Å². The number of aryl methyl sites for hydroxylation is 1. The Kier molecular flexibility index (Phi) is 7.08. The van der Waals surface area contributed by atoms with Crippen LogP contribution in [0.5, 0.6) is 0 Å². The van der Waals surface area contributed by atoms with Crippen LogP contribution in [0, 0.1) is 6.92 Å². The topological polar surface area (TPSA) is 80.6 Å². The summed E-state index contributed by atoms with van der Waals surface area (Å²) in [7, 11) is 0. The van der Waals surface area contributed by atoms with Gasteiger partial charge in [-0.15, -0.1) is 0 Å². The number of ether oxygens (including phenoxy) is 1. The van der Waals surface area contributed by atoms with Crippen molar-refractivity contribution in [1.29, 1.82) is 0 Å². The van der Waals surface area contributed by atoms with Gasteiger partial charge in [-0.3, -0.25) is 9.59 Å². The summed E-state index contributed by atoms with van der Waals surface area (Å²) in [6.45, 7) is 3.47. The molecule has 6 nitrogen and oxygen atoms in total. The van der Waals surface area contributed by atoms with Crippen molar-refractivity contribution in [3.8, 4) is 0 Å². The molecule has 0 saturated carbocycles. The fraction of sp³-hybridized carbons (Fsp3) is 0.280. The molecule has 0 atom stereocenters. The van der Waals surface area contributed by atoms with E-state index in [-0.39, 0.29) is 28.0 Å². The molecule has 3 aromatic rings. The number of hydrogen-bond acceptors (Lipinski definition) is 4. The van der Waals surface area contributed by atoms with E-state index < -0.39 is 0 Å². The van der Waals surface area contributed by atoms with Gasteiger partial charge in [0.2, 0.25) is 0 Å². The number of furan rings is 1. The molecule has 0 radical (unpaired) electrons. The third-order valence-corrected chi connectivity index (χ3v) is 6.49. The van der Waals surface area contributed by atoms with Crippen LogP contribution in [0.25, 0.3) is 0 Å². The minimum atomic E-state index is -0.388. The first-order valence-electron chi connectivity index (χ1n) is 10.7. The van der Waals surface area contributed by atoms with Gasteiger partial charge in [0.15, 0.2) is 5.76 Å². The molecule has 0 aliphatic carbocycles. The fourth-order valence-electron chi connectivity index (χ4n) is 4.00. The number of carbonyl (C=O) groups excluding carboxylic acids is 2. The zero-order chi connectivity index (χ0) is 23.4. The lowest BCUT2D eigenvalue weighted by atomic mass is 9.74. The molecule has 2 N–H and O–H groups in total. The van der Waals surface area contributed by atoms with E-state index in [0.717, 1.165) is 18.4 Å². The smallest absolute Gasteiger partial charge is 0.291 e.